The van der Waals surface area contributed by atoms with E-state index in [-0.39, 0.29) is 11.7 Å². The van der Waals surface area contributed by atoms with E-state index in [1.165, 1.54) is 24.6 Å². The molecule has 0 bridgehead atoms. The first-order chi connectivity index (χ1) is 9.95. The van der Waals surface area contributed by atoms with Crippen LogP contribution >= 0.6 is 0 Å². The zero-order valence-corrected chi connectivity index (χ0v) is 12.4. The first kappa shape index (κ1) is 16.9. The average molecular weight is 295 g/mol. The Hall–Kier alpha value is -2.11. The van der Waals surface area contributed by atoms with Gasteiger partial charge < -0.3 is 9.84 Å². The van der Waals surface area contributed by atoms with Gasteiger partial charge >= 0.3 is 5.97 Å². The molecule has 0 radical (unpaired) electrons. The van der Waals surface area contributed by atoms with Crippen LogP contribution in [0.15, 0.2) is 18.2 Å². The summed E-state index contributed by atoms with van der Waals surface area (Å²) in [7, 11) is 0. The summed E-state index contributed by atoms with van der Waals surface area (Å²) in [4.78, 5) is 21.1. The number of carboxylic acid groups (broad SMARTS) is 1. The van der Waals surface area contributed by atoms with Crippen molar-refractivity contribution in [2.24, 2.45) is 0 Å². The number of benzene rings is 1. The molecule has 0 saturated heterocycles. The van der Waals surface area contributed by atoms with Gasteiger partial charge in [-0.1, -0.05) is 26.2 Å². The van der Waals surface area contributed by atoms with Gasteiger partial charge in [-0.25, -0.2) is 4.79 Å². The maximum atomic E-state index is 10.9. The minimum Gasteiger partial charge on any atom is -0.490 e. The van der Waals surface area contributed by atoms with Gasteiger partial charge in [-0.05, 0) is 31.9 Å². The van der Waals surface area contributed by atoms with Crippen molar-refractivity contribution in [3.05, 3.63) is 33.9 Å². The molecule has 1 N–H and O–H groups in total. The fourth-order valence-corrected chi connectivity index (χ4v) is 2.07. The van der Waals surface area contributed by atoms with Crippen LogP contribution in [0.1, 0.15) is 56.3 Å². The summed E-state index contributed by atoms with van der Waals surface area (Å²) in [5.74, 6) is -0.990. The Bertz CT molecular complexity index is 501. The molecule has 116 valence electrons. The number of hydrogen-bond donors (Lipinski definition) is 1. The topological polar surface area (TPSA) is 89.7 Å². The van der Waals surface area contributed by atoms with E-state index in [9.17, 15) is 14.9 Å². The van der Waals surface area contributed by atoms with E-state index < -0.39 is 16.6 Å². The Kier molecular flexibility index (Phi) is 6.65. The predicted octanol–water partition coefficient (Wildman–Crippen LogP) is 4.03. The van der Waals surface area contributed by atoms with Gasteiger partial charge in [-0.3, -0.25) is 10.1 Å². The third-order valence-corrected chi connectivity index (χ3v) is 3.20. The summed E-state index contributed by atoms with van der Waals surface area (Å²) in [6.45, 7) is 4.05. The van der Waals surface area contributed by atoms with Crippen LogP contribution in [0, 0.1) is 10.1 Å². The van der Waals surface area contributed by atoms with Gasteiger partial charge in [0, 0.05) is 0 Å². The van der Waals surface area contributed by atoms with Crippen LogP contribution in [0.4, 0.5) is 5.69 Å². The second-order valence-corrected chi connectivity index (χ2v) is 5.02. The van der Waals surface area contributed by atoms with E-state index in [0.29, 0.717) is 5.75 Å². The van der Waals surface area contributed by atoms with E-state index in [1.807, 2.05) is 6.92 Å². The minimum atomic E-state index is -1.32. The molecule has 1 atom stereocenters. The summed E-state index contributed by atoms with van der Waals surface area (Å²) < 4.78 is 5.62. The predicted molar refractivity (Wildman–Crippen MR) is 78.9 cm³/mol. The minimum absolute atomic E-state index is 0.0582. The molecule has 1 rings (SSSR count). The van der Waals surface area contributed by atoms with Gasteiger partial charge in [0.05, 0.1) is 17.1 Å². The molecule has 0 amide bonds. The number of aromatic carboxylic acids is 1. The molecule has 21 heavy (non-hydrogen) atoms. The molecular formula is C15H21NO5. The number of nitrogens with zero attached hydrogens (tertiary/aromatic N) is 1. The number of carboxylic acids is 1. The van der Waals surface area contributed by atoms with Gasteiger partial charge in [0.15, 0.2) is 0 Å². The van der Waals surface area contributed by atoms with E-state index in [4.69, 9.17) is 9.84 Å². The van der Waals surface area contributed by atoms with E-state index in [0.717, 1.165) is 25.7 Å². The quantitative estimate of drug-likeness (QED) is 0.422. The molecular weight excluding hydrogens is 274 g/mol. The standard InChI is InChI=1S/C15H21NO5/c1-3-4-5-6-7-11(2)21-12-8-9-13(15(17)18)14(10-12)16(19)20/h8-11H,3-7H2,1-2H3,(H,17,18)/t11-/m0/s1. The maximum Gasteiger partial charge on any atom is 0.342 e. The molecule has 0 spiro atoms. The van der Waals surface area contributed by atoms with Gasteiger partial charge in [0.25, 0.3) is 5.69 Å². The Labute approximate surface area is 123 Å². The van der Waals surface area contributed by atoms with Crippen LogP contribution in [-0.4, -0.2) is 22.1 Å². The lowest BCUT2D eigenvalue weighted by molar-refractivity contribution is -0.385. The highest BCUT2D eigenvalue weighted by Crippen LogP contribution is 2.26. The van der Waals surface area contributed by atoms with Crippen molar-refractivity contribution in [3.8, 4) is 5.75 Å². The van der Waals surface area contributed by atoms with Gasteiger partial charge in [0.1, 0.15) is 11.3 Å². The molecule has 0 aliphatic heterocycles. The van der Waals surface area contributed by atoms with Crippen molar-refractivity contribution in [2.75, 3.05) is 0 Å². The summed E-state index contributed by atoms with van der Waals surface area (Å²) in [6.07, 6.45) is 5.35. The molecule has 0 fully saturated rings. The number of ether oxygens (including phenoxy) is 1. The summed E-state index contributed by atoms with van der Waals surface area (Å²) >= 11 is 0. The van der Waals surface area contributed by atoms with E-state index in [2.05, 4.69) is 6.92 Å². The Morgan fingerprint density at radius 2 is 2.10 bits per heavy atom. The highest BCUT2D eigenvalue weighted by atomic mass is 16.6. The Morgan fingerprint density at radius 1 is 1.38 bits per heavy atom. The third-order valence-electron chi connectivity index (χ3n) is 3.20. The molecule has 0 aliphatic carbocycles. The third kappa shape index (κ3) is 5.41. The normalized spacial score (nSPS) is 11.9. The SMILES string of the molecule is CCCCCC[C@H](C)Oc1ccc(C(=O)O)c([N+](=O)[O-])c1. The average Bonchev–Trinajstić information content (AvgIpc) is 2.43. The zero-order valence-electron chi connectivity index (χ0n) is 12.4. The Morgan fingerprint density at radius 3 is 2.67 bits per heavy atom. The van der Waals surface area contributed by atoms with Crippen LogP contribution in [-0.2, 0) is 0 Å². The largest absolute Gasteiger partial charge is 0.490 e. The number of nitro benzene ring substituents is 1. The van der Waals surface area contributed by atoms with E-state index >= 15 is 0 Å². The summed E-state index contributed by atoms with van der Waals surface area (Å²) in [5.41, 5.74) is -0.777. The monoisotopic (exact) mass is 295 g/mol. The first-order valence-electron chi connectivity index (χ1n) is 7.14. The van der Waals surface area contributed by atoms with Crippen LogP contribution in [0.5, 0.6) is 5.75 Å². The molecule has 6 heteroatoms. The molecule has 0 aromatic heterocycles. The molecule has 6 nitrogen and oxygen atoms in total. The fourth-order valence-electron chi connectivity index (χ4n) is 2.07. The number of rotatable bonds is 9. The number of unbranched alkanes of at least 4 members (excludes halogenated alkanes) is 3. The molecule has 0 heterocycles. The second-order valence-electron chi connectivity index (χ2n) is 5.02. The van der Waals surface area contributed by atoms with Crippen LogP contribution in [0.25, 0.3) is 0 Å². The lowest BCUT2D eigenvalue weighted by Crippen LogP contribution is -2.12. The zero-order chi connectivity index (χ0) is 15.8. The fraction of sp³-hybridized carbons (Fsp3) is 0.533. The molecule has 1 aromatic carbocycles. The van der Waals surface area contributed by atoms with Gasteiger partial charge in [0.2, 0.25) is 0 Å². The molecule has 0 unspecified atom stereocenters. The molecule has 0 saturated carbocycles. The van der Waals surface area contributed by atoms with Crippen molar-refractivity contribution >= 4 is 11.7 Å². The lowest BCUT2D eigenvalue weighted by Gasteiger charge is -2.14. The Balaban J connectivity index is 2.69. The van der Waals surface area contributed by atoms with Crippen molar-refractivity contribution in [1.29, 1.82) is 0 Å². The highest BCUT2D eigenvalue weighted by Gasteiger charge is 2.21. The van der Waals surface area contributed by atoms with E-state index in [1.54, 1.807) is 0 Å². The van der Waals surface area contributed by atoms with Crippen molar-refractivity contribution in [3.63, 3.8) is 0 Å². The van der Waals surface area contributed by atoms with Crippen molar-refractivity contribution in [2.45, 2.75) is 52.1 Å². The van der Waals surface area contributed by atoms with Crippen molar-refractivity contribution < 1.29 is 19.6 Å². The number of nitro groups is 1. The maximum absolute atomic E-state index is 10.9. The van der Waals surface area contributed by atoms with Gasteiger partial charge in [-0.2, -0.15) is 0 Å². The van der Waals surface area contributed by atoms with Crippen LogP contribution in [0.3, 0.4) is 0 Å². The molecule has 0 aliphatic rings. The smallest absolute Gasteiger partial charge is 0.342 e. The van der Waals surface area contributed by atoms with Gasteiger partial charge in [-0.15, -0.1) is 0 Å². The molecule has 1 aromatic rings. The number of hydrogen-bond acceptors (Lipinski definition) is 4. The van der Waals surface area contributed by atoms with Crippen molar-refractivity contribution in [1.82, 2.24) is 0 Å². The number of carbonyl (C=O) groups is 1. The second kappa shape index (κ2) is 8.24. The lowest BCUT2D eigenvalue weighted by atomic mass is 10.1. The highest BCUT2D eigenvalue weighted by molar-refractivity contribution is 5.92. The van der Waals surface area contributed by atoms with Crippen LogP contribution < -0.4 is 4.74 Å². The summed E-state index contributed by atoms with van der Waals surface area (Å²) in [6, 6.07) is 3.84. The summed E-state index contributed by atoms with van der Waals surface area (Å²) in [5, 5.41) is 19.8. The van der Waals surface area contributed by atoms with Crippen LogP contribution in [0.2, 0.25) is 0 Å². The first-order valence-corrected chi connectivity index (χ1v) is 7.14.